The zero-order chi connectivity index (χ0) is 13.9. The van der Waals surface area contributed by atoms with Crippen molar-refractivity contribution in [1.29, 1.82) is 0 Å². The van der Waals surface area contributed by atoms with E-state index >= 15 is 0 Å². The van der Waals surface area contributed by atoms with E-state index in [-0.39, 0.29) is 6.61 Å². The molecule has 1 aliphatic rings. The minimum Gasteiger partial charge on any atom is -0.499 e. The van der Waals surface area contributed by atoms with Crippen LogP contribution < -0.4 is 0 Å². The van der Waals surface area contributed by atoms with Crippen LogP contribution in [0.1, 0.15) is 13.8 Å². The number of amides is 1. The number of alkyl halides is 3. The predicted octanol–water partition coefficient (Wildman–Crippen LogP) is 1.71. The molecule has 4 nitrogen and oxygen atoms in total. The number of hydrogen-bond acceptors (Lipinski definition) is 3. The van der Waals surface area contributed by atoms with E-state index in [0.717, 1.165) is 4.90 Å². The van der Waals surface area contributed by atoms with Crippen molar-refractivity contribution >= 4 is 5.91 Å². The zero-order valence-electron chi connectivity index (χ0n) is 10.4. The number of methoxy groups -OCH3 is 1. The lowest BCUT2D eigenvalue weighted by molar-refractivity contribution is -0.193. The second-order valence-corrected chi connectivity index (χ2v) is 4.23. The SMILES string of the molecule is CO[C@H]1C=COC[C@@H]1N(C(=O)C(F)(F)F)C(C)C. The Hall–Kier alpha value is -1.24. The maximum Gasteiger partial charge on any atom is 0.471 e. The van der Waals surface area contributed by atoms with Gasteiger partial charge in [0.05, 0.1) is 12.3 Å². The van der Waals surface area contributed by atoms with E-state index in [2.05, 4.69) is 0 Å². The van der Waals surface area contributed by atoms with E-state index in [9.17, 15) is 18.0 Å². The first-order valence-corrected chi connectivity index (χ1v) is 5.49. The summed E-state index contributed by atoms with van der Waals surface area (Å²) in [4.78, 5) is 12.2. The van der Waals surface area contributed by atoms with E-state index in [4.69, 9.17) is 9.47 Å². The molecule has 2 atom stereocenters. The Morgan fingerprint density at radius 2 is 2.11 bits per heavy atom. The highest BCUT2D eigenvalue weighted by Crippen LogP contribution is 2.25. The largest absolute Gasteiger partial charge is 0.499 e. The second-order valence-electron chi connectivity index (χ2n) is 4.23. The number of carbonyl (C=O) groups is 1. The number of carbonyl (C=O) groups excluding carboxylic acids is 1. The lowest BCUT2D eigenvalue weighted by Gasteiger charge is -2.39. The van der Waals surface area contributed by atoms with Gasteiger partial charge in [0.2, 0.25) is 0 Å². The Labute approximate surface area is 103 Å². The Bertz CT molecular complexity index is 328. The molecule has 0 radical (unpaired) electrons. The average molecular weight is 267 g/mol. The van der Waals surface area contributed by atoms with E-state index in [0.29, 0.717) is 0 Å². The summed E-state index contributed by atoms with van der Waals surface area (Å²) in [6.07, 6.45) is -2.65. The maximum atomic E-state index is 12.6. The minimum atomic E-state index is -4.90. The lowest BCUT2D eigenvalue weighted by atomic mass is 10.1. The number of rotatable bonds is 3. The third-order valence-corrected chi connectivity index (χ3v) is 2.67. The van der Waals surface area contributed by atoms with Crippen molar-refractivity contribution in [2.45, 2.75) is 38.2 Å². The zero-order valence-corrected chi connectivity index (χ0v) is 10.4. The summed E-state index contributed by atoms with van der Waals surface area (Å²) in [6.45, 7) is 3.03. The number of hydrogen-bond donors (Lipinski definition) is 0. The highest BCUT2D eigenvalue weighted by atomic mass is 19.4. The normalized spacial score (nSPS) is 23.9. The first-order valence-electron chi connectivity index (χ1n) is 5.49. The van der Waals surface area contributed by atoms with Gasteiger partial charge in [0, 0.05) is 13.2 Å². The molecule has 0 unspecified atom stereocenters. The van der Waals surface area contributed by atoms with Crippen molar-refractivity contribution in [3.8, 4) is 0 Å². The highest BCUT2D eigenvalue weighted by Gasteiger charge is 2.47. The van der Waals surface area contributed by atoms with Gasteiger partial charge in [-0.15, -0.1) is 0 Å². The molecule has 0 aromatic rings. The number of halogens is 3. The molecular weight excluding hydrogens is 251 g/mol. The van der Waals surface area contributed by atoms with Crippen LogP contribution in [-0.2, 0) is 14.3 Å². The smallest absolute Gasteiger partial charge is 0.471 e. The van der Waals surface area contributed by atoms with Crippen LogP contribution in [0.15, 0.2) is 12.3 Å². The third kappa shape index (κ3) is 3.16. The van der Waals surface area contributed by atoms with Gasteiger partial charge in [-0.05, 0) is 19.9 Å². The summed E-state index contributed by atoms with van der Waals surface area (Å²) in [6, 6.07) is -1.38. The summed E-state index contributed by atoms with van der Waals surface area (Å²) in [5, 5.41) is 0. The third-order valence-electron chi connectivity index (χ3n) is 2.67. The molecular formula is C11H16F3NO3. The average Bonchev–Trinajstić information content (AvgIpc) is 2.28. The molecule has 0 spiro atoms. The Balaban J connectivity index is 2.98. The Morgan fingerprint density at radius 1 is 1.50 bits per heavy atom. The molecule has 0 saturated carbocycles. The van der Waals surface area contributed by atoms with Crippen molar-refractivity contribution in [2.24, 2.45) is 0 Å². The van der Waals surface area contributed by atoms with Crippen molar-refractivity contribution in [3.63, 3.8) is 0 Å². The summed E-state index contributed by atoms with van der Waals surface area (Å²) in [5.41, 5.74) is 0. The molecule has 0 aromatic carbocycles. The quantitative estimate of drug-likeness (QED) is 0.781. The number of ether oxygens (including phenoxy) is 2. The summed E-state index contributed by atoms with van der Waals surface area (Å²) >= 11 is 0. The monoisotopic (exact) mass is 267 g/mol. The van der Waals surface area contributed by atoms with Crippen molar-refractivity contribution < 1.29 is 27.4 Å². The van der Waals surface area contributed by atoms with Crippen LogP contribution in [0.4, 0.5) is 13.2 Å². The van der Waals surface area contributed by atoms with E-state index in [1.807, 2.05) is 0 Å². The van der Waals surface area contributed by atoms with Gasteiger partial charge in [-0.25, -0.2) is 0 Å². The predicted molar refractivity (Wildman–Crippen MR) is 57.7 cm³/mol. The van der Waals surface area contributed by atoms with Crippen molar-refractivity contribution in [1.82, 2.24) is 4.90 Å². The minimum absolute atomic E-state index is 0.0188. The van der Waals surface area contributed by atoms with E-state index in [1.165, 1.54) is 33.3 Å². The van der Waals surface area contributed by atoms with E-state index < -0.39 is 30.3 Å². The van der Waals surface area contributed by atoms with Crippen LogP contribution in [0.25, 0.3) is 0 Å². The van der Waals surface area contributed by atoms with Crippen LogP contribution in [0.3, 0.4) is 0 Å². The molecule has 0 fully saturated rings. The molecule has 18 heavy (non-hydrogen) atoms. The van der Waals surface area contributed by atoms with Crippen LogP contribution in [-0.4, -0.2) is 48.9 Å². The number of nitrogens with zero attached hydrogens (tertiary/aromatic N) is 1. The van der Waals surface area contributed by atoms with Gasteiger partial charge in [0.25, 0.3) is 0 Å². The molecule has 1 aliphatic heterocycles. The molecule has 1 heterocycles. The van der Waals surface area contributed by atoms with Crippen LogP contribution in [0.2, 0.25) is 0 Å². The Morgan fingerprint density at radius 3 is 2.56 bits per heavy atom. The molecule has 7 heteroatoms. The second kappa shape index (κ2) is 5.60. The molecule has 0 saturated heterocycles. The van der Waals surface area contributed by atoms with Gasteiger partial charge < -0.3 is 14.4 Å². The molecule has 104 valence electrons. The fourth-order valence-corrected chi connectivity index (χ4v) is 1.90. The summed E-state index contributed by atoms with van der Waals surface area (Å²) in [7, 11) is 1.38. The first-order chi connectivity index (χ1) is 8.29. The maximum absolute atomic E-state index is 12.6. The van der Waals surface area contributed by atoms with Crippen LogP contribution in [0.5, 0.6) is 0 Å². The molecule has 0 N–H and O–H groups in total. The molecule has 1 amide bonds. The Kier molecular flexibility index (Phi) is 4.61. The van der Waals surface area contributed by atoms with Gasteiger partial charge in [-0.2, -0.15) is 13.2 Å². The summed E-state index contributed by atoms with van der Waals surface area (Å²) < 4.78 is 47.7. The molecule has 1 rings (SSSR count). The molecule has 0 aromatic heterocycles. The molecule has 0 bridgehead atoms. The standard InChI is InChI=1S/C11H16F3NO3/c1-7(2)15(10(16)11(12,13)14)8-6-18-5-4-9(8)17-3/h4-5,7-9H,6H2,1-3H3/t8-,9-/m0/s1. The fourth-order valence-electron chi connectivity index (χ4n) is 1.90. The van der Waals surface area contributed by atoms with Gasteiger partial charge in [0.15, 0.2) is 0 Å². The van der Waals surface area contributed by atoms with Crippen molar-refractivity contribution in [2.75, 3.05) is 13.7 Å². The fraction of sp³-hybridized carbons (Fsp3) is 0.727. The topological polar surface area (TPSA) is 38.8 Å². The van der Waals surface area contributed by atoms with Gasteiger partial charge in [0.1, 0.15) is 12.7 Å². The van der Waals surface area contributed by atoms with Gasteiger partial charge >= 0.3 is 12.1 Å². The van der Waals surface area contributed by atoms with E-state index in [1.54, 1.807) is 0 Å². The highest BCUT2D eigenvalue weighted by molar-refractivity contribution is 5.82. The first kappa shape index (κ1) is 14.8. The summed E-state index contributed by atoms with van der Waals surface area (Å²) in [5.74, 6) is -1.87. The van der Waals surface area contributed by atoms with Gasteiger partial charge in [-0.3, -0.25) is 4.79 Å². The van der Waals surface area contributed by atoms with Crippen LogP contribution >= 0.6 is 0 Å². The van der Waals surface area contributed by atoms with Crippen LogP contribution in [0, 0.1) is 0 Å². The van der Waals surface area contributed by atoms with Gasteiger partial charge in [-0.1, -0.05) is 0 Å². The lowest BCUT2D eigenvalue weighted by Crippen LogP contribution is -2.57. The van der Waals surface area contributed by atoms with Crippen molar-refractivity contribution in [3.05, 3.63) is 12.3 Å². The molecule has 0 aliphatic carbocycles.